The summed E-state index contributed by atoms with van der Waals surface area (Å²) < 4.78 is 0. The van der Waals surface area contributed by atoms with E-state index in [4.69, 9.17) is 5.53 Å². The topological polar surface area (TPSA) is 48.8 Å². The lowest BCUT2D eigenvalue weighted by Crippen LogP contribution is -1.91. The number of hydrogen-bond acceptors (Lipinski definition) is 1. The van der Waals surface area contributed by atoms with Crippen LogP contribution >= 0.6 is 0 Å². The van der Waals surface area contributed by atoms with Gasteiger partial charge in [-0.15, -0.1) is 0 Å². The van der Waals surface area contributed by atoms with Crippen molar-refractivity contribution >= 4 is 0 Å². The summed E-state index contributed by atoms with van der Waals surface area (Å²) in [6.45, 7) is 0. The minimum atomic E-state index is 0.183. The first kappa shape index (κ1) is 10.6. The molecule has 1 aliphatic rings. The van der Waals surface area contributed by atoms with Gasteiger partial charge in [-0.05, 0) is 34.0 Å². The Morgan fingerprint density at radius 2 is 1.50 bits per heavy atom. The first-order valence-electron chi connectivity index (χ1n) is 5.81. The van der Waals surface area contributed by atoms with E-state index in [1.165, 1.54) is 28.5 Å². The number of allylic oxidation sites excluding steroid dienone is 1. The summed E-state index contributed by atoms with van der Waals surface area (Å²) in [4.78, 5) is 2.75. The SMILES string of the molecule is [N-]=[N+]=N/C=C\C1c2ccccc2-c2ccccc21. The third-order valence-electron chi connectivity index (χ3n) is 3.28. The van der Waals surface area contributed by atoms with E-state index in [2.05, 4.69) is 46.4 Å². The minimum Gasteiger partial charge on any atom is -0.0704 e. The zero-order valence-corrected chi connectivity index (χ0v) is 9.69. The van der Waals surface area contributed by atoms with Crippen LogP contribution in [0.25, 0.3) is 21.6 Å². The average molecular weight is 233 g/mol. The van der Waals surface area contributed by atoms with E-state index in [1.54, 1.807) is 0 Å². The van der Waals surface area contributed by atoms with E-state index >= 15 is 0 Å². The van der Waals surface area contributed by atoms with Crippen LogP contribution < -0.4 is 0 Å². The van der Waals surface area contributed by atoms with E-state index in [-0.39, 0.29) is 5.92 Å². The smallest absolute Gasteiger partial charge is 0.0283 e. The van der Waals surface area contributed by atoms with Crippen LogP contribution in [0.3, 0.4) is 0 Å². The van der Waals surface area contributed by atoms with Gasteiger partial charge in [-0.2, -0.15) is 0 Å². The molecule has 3 nitrogen and oxygen atoms in total. The lowest BCUT2D eigenvalue weighted by Gasteiger charge is -2.07. The summed E-state index contributed by atoms with van der Waals surface area (Å²) in [6, 6.07) is 16.7. The van der Waals surface area contributed by atoms with E-state index in [9.17, 15) is 0 Å². The van der Waals surface area contributed by atoms with E-state index < -0.39 is 0 Å². The molecule has 0 aromatic heterocycles. The summed E-state index contributed by atoms with van der Waals surface area (Å²) in [5, 5.41) is 3.48. The molecule has 0 aliphatic heterocycles. The maximum absolute atomic E-state index is 8.34. The van der Waals surface area contributed by atoms with Gasteiger partial charge in [0.1, 0.15) is 0 Å². The van der Waals surface area contributed by atoms with Crippen molar-refractivity contribution in [2.75, 3.05) is 0 Å². The summed E-state index contributed by atoms with van der Waals surface area (Å²) in [5.41, 5.74) is 13.4. The zero-order chi connectivity index (χ0) is 12.4. The Labute approximate surface area is 105 Å². The Balaban J connectivity index is 2.17. The van der Waals surface area contributed by atoms with E-state index in [1.807, 2.05) is 18.2 Å². The van der Waals surface area contributed by atoms with Crippen molar-refractivity contribution in [1.29, 1.82) is 0 Å². The van der Waals surface area contributed by atoms with Crippen molar-refractivity contribution in [3.05, 3.63) is 82.4 Å². The number of azide groups is 1. The molecule has 3 rings (SSSR count). The van der Waals surface area contributed by atoms with Gasteiger partial charge < -0.3 is 0 Å². The molecule has 1 aliphatic carbocycles. The molecule has 0 unspecified atom stereocenters. The predicted molar refractivity (Wildman–Crippen MR) is 72.0 cm³/mol. The fraction of sp³-hybridized carbons (Fsp3) is 0.0667. The highest BCUT2D eigenvalue weighted by molar-refractivity contribution is 5.79. The summed E-state index contributed by atoms with van der Waals surface area (Å²) in [6.07, 6.45) is 3.48. The van der Waals surface area contributed by atoms with Crippen LogP contribution in [-0.2, 0) is 0 Å². The van der Waals surface area contributed by atoms with Gasteiger partial charge in [0.2, 0.25) is 0 Å². The van der Waals surface area contributed by atoms with Gasteiger partial charge in [0.25, 0.3) is 0 Å². The summed E-state index contributed by atoms with van der Waals surface area (Å²) in [5.74, 6) is 0.183. The van der Waals surface area contributed by atoms with Crippen molar-refractivity contribution in [2.45, 2.75) is 5.92 Å². The molecule has 0 saturated heterocycles. The van der Waals surface area contributed by atoms with Gasteiger partial charge in [-0.1, -0.05) is 59.7 Å². The van der Waals surface area contributed by atoms with Crippen molar-refractivity contribution in [2.24, 2.45) is 5.11 Å². The fourth-order valence-electron chi connectivity index (χ4n) is 2.56. The number of nitrogens with zero attached hydrogens (tertiary/aromatic N) is 3. The molecule has 0 N–H and O–H groups in total. The Morgan fingerprint density at radius 3 is 2.06 bits per heavy atom. The summed E-state index contributed by atoms with van der Waals surface area (Å²) >= 11 is 0. The van der Waals surface area contributed by atoms with Gasteiger partial charge >= 0.3 is 0 Å². The van der Waals surface area contributed by atoms with Crippen molar-refractivity contribution in [1.82, 2.24) is 0 Å². The molecule has 2 aromatic rings. The Bertz CT molecular complexity index is 621. The minimum absolute atomic E-state index is 0.183. The first-order chi connectivity index (χ1) is 8.92. The zero-order valence-electron chi connectivity index (χ0n) is 9.69. The predicted octanol–water partition coefficient (Wildman–Crippen LogP) is 4.62. The molecular weight excluding hydrogens is 222 g/mol. The molecule has 3 heteroatoms. The molecule has 0 saturated carbocycles. The quantitative estimate of drug-likeness (QED) is 0.412. The highest BCUT2D eigenvalue weighted by Gasteiger charge is 2.25. The van der Waals surface area contributed by atoms with Crippen LogP contribution in [0.4, 0.5) is 0 Å². The van der Waals surface area contributed by atoms with Gasteiger partial charge in [0, 0.05) is 10.8 Å². The average Bonchev–Trinajstić information content (AvgIpc) is 2.74. The Hall–Kier alpha value is -2.51. The summed E-state index contributed by atoms with van der Waals surface area (Å²) in [7, 11) is 0. The molecular formula is C15H11N3. The third kappa shape index (κ3) is 1.58. The van der Waals surface area contributed by atoms with Crippen LogP contribution in [0.5, 0.6) is 0 Å². The van der Waals surface area contributed by atoms with Crippen LogP contribution in [0.15, 0.2) is 65.9 Å². The van der Waals surface area contributed by atoms with Gasteiger partial charge in [-0.25, -0.2) is 0 Å². The van der Waals surface area contributed by atoms with Crippen LogP contribution in [-0.4, -0.2) is 0 Å². The third-order valence-corrected chi connectivity index (χ3v) is 3.28. The van der Waals surface area contributed by atoms with Gasteiger partial charge in [-0.3, -0.25) is 0 Å². The molecule has 0 atom stereocenters. The maximum Gasteiger partial charge on any atom is 0.0283 e. The normalized spacial score (nSPS) is 13.1. The monoisotopic (exact) mass is 233 g/mol. The van der Waals surface area contributed by atoms with Crippen molar-refractivity contribution in [3.63, 3.8) is 0 Å². The van der Waals surface area contributed by atoms with Crippen LogP contribution in [0, 0.1) is 0 Å². The molecule has 0 heterocycles. The van der Waals surface area contributed by atoms with E-state index in [0.29, 0.717) is 0 Å². The fourth-order valence-corrected chi connectivity index (χ4v) is 2.56. The molecule has 0 bridgehead atoms. The highest BCUT2D eigenvalue weighted by Crippen LogP contribution is 2.44. The number of rotatable bonds is 2. The van der Waals surface area contributed by atoms with Crippen LogP contribution in [0.1, 0.15) is 17.0 Å². The van der Waals surface area contributed by atoms with Gasteiger partial charge in [0.15, 0.2) is 0 Å². The number of benzene rings is 2. The number of hydrogen-bond donors (Lipinski definition) is 0. The molecule has 0 spiro atoms. The lowest BCUT2D eigenvalue weighted by molar-refractivity contribution is 1.06. The first-order valence-corrected chi connectivity index (χ1v) is 5.81. The lowest BCUT2D eigenvalue weighted by atomic mass is 9.97. The molecule has 86 valence electrons. The second kappa shape index (κ2) is 4.40. The maximum atomic E-state index is 8.34. The second-order valence-corrected chi connectivity index (χ2v) is 4.20. The molecule has 18 heavy (non-hydrogen) atoms. The molecule has 2 aromatic carbocycles. The molecule has 0 radical (unpaired) electrons. The van der Waals surface area contributed by atoms with Crippen molar-refractivity contribution in [3.8, 4) is 11.1 Å². The standard InChI is InChI=1S/C15H11N3/c16-18-17-10-9-15-13-7-3-1-5-11(13)12-6-2-4-8-14(12)15/h1-10,15H/b10-9-. The molecule has 0 fully saturated rings. The highest BCUT2D eigenvalue weighted by atomic mass is 15.1. The second-order valence-electron chi connectivity index (χ2n) is 4.20. The van der Waals surface area contributed by atoms with E-state index in [0.717, 1.165) is 0 Å². The Kier molecular flexibility index (Phi) is 2.60. The largest absolute Gasteiger partial charge is 0.0704 e. The van der Waals surface area contributed by atoms with Crippen molar-refractivity contribution < 1.29 is 0 Å². The van der Waals surface area contributed by atoms with Gasteiger partial charge in [0.05, 0.1) is 0 Å². The number of fused-ring (bicyclic) bond motifs is 3. The van der Waals surface area contributed by atoms with Crippen LogP contribution in [0.2, 0.25) is 0 Å². The Morgan fingerprint density at radius 1 is 0.944 bits per heavy atom. The molecule has 0 amide bonds.